The maximum absolute atomic E-state index is 13.4. The molecule has 19 heavy (non-hydrogen) atoms. The Morgan fingerprint density at radius 3 is 2.58 bits per heavy atom. The number of benzene rings is 1. The molecule has 106 valence electrons. The predicted molar refractivity (Wildman–Crippen MR) is 76.0 cm³/mol. The summed E-state index contributed by atoms with van der Waals surface area (Å²) in [7, 11) is 2.12. The largest absolute Gasteiger partial charge is 0.389 e. The van der Waals surface area contributed by atoms with Crippen molar-refractivity contribution >= 4 is 5.69 Å². The molecule has 1 fully saturated rings. The van der Waals surface area contributed by atoms with Crippen LogP contribution in [0.4, 0.5) is 10.1 Å². The van der Waals surface area contributed by atoms with Crippen LogP contribution in [0.5, 0.6) is 0 Å². The summed E-state index contributed by atoms with van der Waals surface area (Å²) in [4.78, 5) is 4.57. The summed E-state index contributed by atoms with van der Waals surface area (Å²) in [6.07, 6.45) is -0.659. The molecule has 1 saturated heterocycles. The summed E-state index contributed by atoms with van der Waals surface area (Å²) in [6.45, 7) is 8.80. The molecule has 0 aliphatic carbocycles. The van der Waals surface area contributed by atoms with Crippen LogP contribution in [0.2, 0.25) is 0 Å². The minimum absolute atomic E-state index is 0.0720. The number of halogens is 1. The first-order valence-electron chi connectivity index (χ1n) is 6.75. The lowest BCUT2D eigenvalue weighted by Crippen LogP contribution is -2.57. The number of piperazine rings is 1. The van der Waals surface area contributed by atoms with Crippen LogP contribution in [-0.4, -0.2) is 42.2 Å². The van der Waals surface area contributed by atoms with Gasteiger partial charge in [-0.15, -0.1) is 0 Å². The van der Waals surface area contributed by atoms with Crippen molar-refractivity contribution in [3.05, 3.63) is 29.6 Å². The van der Waals surface area contributed by atoms with Crippen LogP contribution < -0.4 is 4.90 Å². The van der Waals surface area contributed by atoms with Gasteiger partial charge in [0.15, 0.2) is 0 Å². The molecule has 1 aliphatic rings. The molecule has 0 radical (unpaired) electrons. The van der Waals surface area contributed by atoms with Gasteiger partial charge in [-0.2, -0.15) is 0 Å². The molecule has 0 spiro atoms. The first kappa shape index (κ1) is 14.3. The van der Waals surface area contributed by atoms with Crippen molar-refractivity contribution in [2.75, 3.05) is 31.6 Å². The first-order chi connectivity index (χ1) is 8.81. The highest BCUT2D eigenvalue weighted by Crippen LogP contribution is 2.31. The van der Waals surface area contributed by atoms with Crippen molar-refractivity contribution in [1.82, 2.24) is 4.90 Å². The van der Waals surface area contributed by atoms with E-state index in [2.05, 4.69) is 30.7 Å². The smallest absolute Gasteiger partial charge is 0.123 e. The normalized spacial score (nSPS) is 21.5. The molecule has 1 aliphatic heterocycles. The summed E-state index contributed by atoms with van der Waals surface area (Å²) in [5.74, 6) is -0.298. The van der Waals surface area contributed by atoms with E-state index in [0.29, 0.717) is 5.56 Å². The highest BCUT2D eigenvalue weighted by molar-refractivity contribution is 5.55. The number of rotatable bonds is 2. The summed E-state index contributed by atoms with van der Waals surface area (Å²) >= 11 is 0. The van der Waals surface area contributed by atoms with E-state index in [0.717, 1.165) is 25.3 Å². The molecule has 1 heterocycles. The van der Waals surface area contributed by atoms with Crippen molar-refractivity contribution in [2.45, 2.75) is 32.4 Å². The van der Waals surface area contributed by atoms with Gasteiger partial charge in [-0.3, -0.25) is 4.90 Å². The van der Waals surface area contributed by atoms with E-state index in [1.54, 1.807) is 13.0 Å². The van der Waals surface area contributed by atoms with E-state index in [1.165, 1.54) is 12.1 Å². The van der Waals surface area contributed by atoms with Crippen LogP contribution in [0.25, 0.3) is 0 Å². The third-order valence-corrected chi connectivity index (χ3v) is 4.10. The predicted octanol–water partition coefficient (Wildman–Crippen LogP) is 2.41. The fourth-order valence-electron chi connectivity index (χ4n) is 2.59. The summed E-state index contributed by atoms with van der Waals surface area (Å²) in [6, 6.07) is 4.68. The highest BCUT2D eigenvalue weighted by Gasteiger charge is 2.32. The summed E-state index contributed by atoms with van der Waals surface area (Å²) in [5.41, 5.74) is 1.68. The monoisotopic (exact) mass is 266 g/mol. The van der Waals surface area contributed by atoms with Crippen LogP contribution in [0.15, 0.2) is 18.2 Å². The van der Waals surface area contributed by atoms with Crippen LogP contribution in [-0.2, 0) is 0 Å². The molecule has 2 rings (SSSR count). The van der Waals surface area contributed by atoms with Crippen molar-refractivity contribution in [2.24, 2.45) is 0 Å². The summed E-state index contributed by atoms with van der Waals surface area (Å²) in [5, 5.41) is 9.84. The molecule has 1 aromatic rings. The van der Waals surface area contributed by atoms with Gasteiger partial charge in [-0.1, -0.05) is 0 Å². The number of anilines is 1. The number of nitrogens with zero attached hydrogens (tertiary/aromatic N) is 2. The topological polar surface area (TPSA) is 26.7 Å². The van der Waals surface area contributed by atoms with Gasteiger partial charge in [0.25, 0.3) is 0 Å². The Hall–Kier alpha value is -1.13. The van der Waals surface area contributed by atoms with Crippen LogP contribution in [0.3, 0.4) is 0 Å². The number of aliphatic hydroxyl groups is 1. The van der Waals surface area contributed by atoms with E-state index in [4.69, 9.17) is 0 Å². The molecule has 1 N–H and O–H groups in total. The average Bonchev–Trinajstić information content (AvgIpc) is 2.32. The maximum atomic E-state index is 13.4. The standard InChI is InChI=1S/C15H23FN2O/c1-11(19)13-9-12(16)5-6-14(13)18-8-7-17(4)15(2,3)10-18/h5-6,9,11,19H,7-8,10H2,1-4H3/t11-/m1/s1. The van der Waals surface area contributed by atoms with E-state index >= 15 is 0 Å². The zero-order valence-electron chi connectivity index (χ0n) is 12.2. The van der Waals surface area contributed by atoms with Crippen molar-refractivity contribution < 1.29 is 9.50 Å². The van der Waals surface area contributed by atoms with Gasteiger partial charge >= 0.3 is 0 Å². The minimum Gasteiger partial charge on any atom is -0.389 e. The molecule has 0 bridgehead atoms. The lowest BCUT2D eigenvalue weighted by Gasteiger charge is -2.46. The number of likely N-dealkylation sites (N-methyl/N-ethyl adjacent to an activating group) is 1. The lowest BCUT2D eigenvalue weighted by molar-refractivity contribution is 0.138. The molecule has 0 unspecified atom stereocenters. The minimum atomic E-state index is -0.659. The van der Waals surface area contributed by atoms with Gasteiger partial charge in [0.05, 0.1) is 6.10 Å². The highest BCUT2D eigenvalue weighted by atomic mass is 19.1. The van der Waals surface area contributed by atoms with Gasteiger partial charge in [-0.05, 0) is 46.0 Å². The molecule has 4 heteroatoms. The molecule has 0 amide bonds. The van der Waals surface area contributed by atoms with Gasteiger partial charge in [0.1, 0.15) is 5.82 Å². The quantitative estimate of drug-likeness (QED) is 0.890. The molecule has 3 nitrogen and oxygen atoms in total. The number of hydrogen-bond acceptors (Lipinski definition) is 3. The molecular formula is C15H23FN2O. The zero-order chi connectivity index (χ0) is 14.2. The van der Waals surface area contributed by atoms with Gasteiger partial charge in [0.2, 0.25) is 0 Å². The molecule has 1 aromatic carbocycles. The maximum Gasteiger partial charge on any atom is 0.123 e. The molecule has 0 aromatic heterocycles. The number of aliphatic hydroxyl groups excluding tert-OH is 1. The Labute approximate surface area is 114 Å². The fraction of sp³-hybridized carbons (Fsp3) is 0.600. The van der Waals surface area contributed by atoms with E-state index < -0.39 is 6.10 Å². The molecule has 1 atom stereocenters. The Balaban J connectivity index is 2.32. The molecule has 0 saturated carbocycles. The Bertz CT molecular complexity index is 459. The van der Waals surface area contributed by atoms with E-state index in [9.17, 15) is 9.50 Å². The fourth-order valence-corrected chi connectivity index (χ4v) is 2.59. The second-order valence-electron chi connectivity index (χ2n) is 6.03. The third-order valence-electron chi connectivity index (χ3n) is 4.10. The van der Waals surface area contributed by atoms with Crippen molar-refractivity contribution in [1.29, 1.82) is 0 Å². The second-order valence-corrected chi connectivity index (χ2v) is 6.03. The third kappa shape index (κ3) is 2.90. The lowest BCUT2D eigenvalue weighted by atomic mass is 9.97. The first-order valence-corrected chi connectivity index (χ1v) is 6.75. The van der Waals surface area contributed by atoms with E-state index in [1.807, 2.05) is 0 Å². The molecular weight excluding hydrogens is 243 g/mol. The van der Waals surface area contributed by atoms with Crippen LogP contribution in [0, 0.1) is 5.82 Å². The Kier molecular flexibility index (Phi) is 3.83. The SMILES string of the molecule is C[C@@H](O)c1cc(F)ccc1N1CCN(C)C(C)(C)C1. The summed E-state index contributed by atoms with van der Waals surface area (Å²) < 4.78 is 13.4. The van der Waals surface area contributed by atoms with Gasteiger partial charge < -0.3 is 10.0 Å². The number of hydrogen-bond donors (Lipinski definition) is 1. The van der Waals surface area contributed by atoms with E-state index in [-0.39, 0.29) is 11.4 Å². The van der Waals surface area contributed by atoms with Gasteiger partial charge in [-0.25, -0.2) is 4.39 Å². The van der Waals surface area contributed by atoms with Crippen molar-refractivity contribution in [3.63, 3.8) is 0 Å². The average molecular weight is 266 g/mol. The second kappa shape index (κ2) is 5.10. The van der Waals surface area contributed by atoms with Crippen LogP contribution in [0.1, 0.15) is 32.4 Å². The van der Waals surface area contributed by atoms with Gasteiger partial charge in [0, 0.05) is 36.4 Å². The Morgan fingerprint density at radius 1 is 1.32 bits per heavy atom. The van der Waals surface area contributed by atoms with Crippen molar-refractivity contribution in [3.8, 4) is 0 Å². The zero-order valence-corrected chi connectivity index (χ0v) is 12.2. The van der Waals surface area contributed by atoms with Crippen LogP contribution >= 0.6 is 0 Å². The Morgan fingerprint density at radius 2 is 2.00 bits per heavy atom.